The zero-order valence-electron chi connectivity index (χ0n) is 15.8. The molecule has 0 saturated carbocycles. The number of amides is 1. The number of esters is 1. The van der Waals surface area contributed by atoms with E-state index in [2.05, 4.69) is 31.1 Å². The Bertz CT molecular complexity index is 800. The van der Waals surface area contributed by atoms with Gasteiger partial charge >= 0.3 is 5.97 Å². The van der Waals surface area contributed by atoms with Crippen molar-refractivity contribution in [3.63, 3.8) is 0 Å². The third kappa shape index (κ3) is 6.25. The average Bonchev–Trinajstić information content (AvgIpc) is 2.61. The Kier molecular flexibility index (Phi) is 6.80. The molecule has 1 unspecified atom stereocenters. The average molecular weight is 391 g/mol. The van der Waals surface area contributed by atoms with Gasteiger partial charge in [-0.1, -0.05) is 44.5 Å². The second-order valence-electron chi connectivity index (χ2n) is 7.03. The first kappa shape index (κ1) is 20.7. The van der Waals surface area contributed by atoms with Gasteiger partial charge in [0.1, 0.15) is 5.75 Å². The molecule has 2 aromatic rings. The van der Waals surface area contributed by atoms with Gasteiger partial charge in [0.05, 0.1) is 5.69 Å². The smallest absolute Gasteiger partial charge is 0.344 e. The van der Waals surface area contributed by atoms with Crippen LogP contribution in [0.4, 0.5) is 5.69 Å². The number of carbonyl (C=O) groups is 2. The first-order chi connectivity index (χ1) is 12.7. The number of benzene rings is 1. The van der Waals surface area contributed by atoms with Crippen molar-refractivity contribution in [2.45, 2.75) is 39.2 Å². The minimum Gasteiger partial charge on any atom is -0.482 e. The maximum absolute atomic E-state index is 12.1. The van der Waals surface area contributed by atoms with Crippen LogP contribution in [0.25, 0.3) is 0 Å². The van der Waals surface area contributed by atoms with E-state index in [-0.39, 0.29) is 17.2 Å². The van der Waals surface area contributed by atoms with Crippen molar-refractivity contribution in [2.24, 2.45) is 0 Å². The lowest BCUT2D eigenvalue weighted by Crippen LogP contribution is -2.31. The highest BCUT2D eigenvalue weighted by Gasteiger charge is 2.19. The SMILES string of the molecule is CC(OC(=O)COc1ccc(C(C)(C)C)cc1)C(=O)Nc1cccnc1Cl. The van der Waals surface area contributed by atoms with Crippen LogP contribution in [0.5, 0.6) is 5.75 Å². The summed E-state index contributed by atoms with van der Waals surface area (Å²) in [6, 6.07) is 10.7. The van der Waals surface area contributed by atoms with Gasteiger partial charge in [0, 0.05) is 6.20 Å². The Morgan fingerprint density at radius 3 is 2.44 bits per heavy atom. The molecule has 0 aliphatic heterocycles. The number of pyridine rings is 1. The Hall–Kier alpha value is -2.60. The highest BCUT2D eigenvalue weighted by Crippen LogP contribution is 2.24. The predicted octanol–water partition coefficient (Wildman–Crippen LogP) is 3.98. The van der Waals surface area contributed by atoms with E-state index >= 15 is 0 Å². The molecule has 1 aromatic carbocycles. The van der Waals surface area contributed by atoms with Gasteiger partial charge in [-0.2, -0.15) is 0 Å². The van der Waals surface area contributed by atoms with E-state index < -0.39 is 18.0 Å². The topological polar surface area (TPSA) is 77.5 Å². The second kappa shape index (κ2) is 8.86. The van der Waals surface area contributed by atoms with Crippen LogP contribution in [-0.4, -0.2) is 29.6 Å². The van der Waals surface area contributed by atoms with E-state index in [9.17, 15) is 9.59 Å². The third-order valence-electron chi connectivity index (χ3n) is 3.77. The molecule has 0 aliphatic carbocycles. The van der Waals surface area contributed by atoms with Crippen molar-refractivity contribution in [2.75, 3.05) is 11.9 Å². The first-order valence-corrected chi connectivity index (χ1v) is 8.89. The lowest BCUT2D eigenvalue weighted by atomic mass is 9.87. The zero-order valence-corrected chi connectivity index (χ0v) is 16.5. The minimum absolute atomic E-state index is 0.0391. The Labute approximate surface area is 163 Å². The Balaban J connectivity index is 1.82. The van der Waals surface area contributed by atoms with Crippen molar-refractivity contribution in [1.82, 2.24) is 4.98 Å². The molecule has 0 fully saturated rings. The predicted molar refractivity (Wildman–Crippen MR) is 104 cm³/mol. The van der Waals surface area contributed by atoms with Crippen molar-refractivity contribution in [3.05, 3.63) is 53.3 Å². The molecule has 0 aliphatic rings. The molecule has 1 N–H and O–H groups in total. The molecule has 7 heteroatoms. The van der Waals surface area contributed by atoms with Gasteiger partial charge in [-0.05, 0) is 42.2 Å². The van der Waals surface area contributed by atoms with Crippen LogP contribution in [0.15, 0.2) is 42.6 Å². The van der Waals surface area contributed by atoms with Gasteiger partial charge in [0.15, 0.2) is 17.9 Å². The second-order valence-corrected chi connectivity index (χ2v) is 7.38. The van der Waals surface area contributed by atoms with Crippen LogP contribution in [0.1, 0.15) is 33.3 Å². The lowest BCUT2D eigenvalue weighted by Gasteiger charge is -2.19. The number of anilines is 1. The highest BCUT2D eigenvalue weighted by molar-refractivity contribution is 6.32. The van der Waals surface area contributed by atoms with Crippen LogP contribution in [-0.2, 0) is 19.7 Å². The lowest BCUT2D eigenvalue weighted by molar-refractivity contribution is -0.155. The van der Waals surface area contributed by atoms with Gasteiger partial charge in [-0.3, -0.25) is 4.79 Å². The molecular weight excluding hydrogens is 368 g/mol. The summed E-state index contributed by atoms with van der Waals surface area (Å²) >= 11 is 5.88. The molecule has 1 amide bonds. The van der Waals surface area contributed by atoms with Gasteiger partial charge in [-0.25, -0.2) is 9.78 Å². The normalized spacial score (nSPS) is 12.2. The van der Waals surface area contributed by atoms with Crippen molar-refractivity contribution in [3.8, 4) is 5.75 Å². The van der Waals surface area contributed by atoms with Gasteiger partial charge in [0.25, 0.3) is 5.91 Å². The van der Waals surface area contributed by atoms with Crippen LogP contribution in [0.3, 0.4) is 0 Å². The summed E-state index contributed by atoms with van der Waals surface area (Å²) in [5.41, 5.74) is 1.55. The summed E-state index contributed by atoms with van der Waals surface area (Å²) in [6.45, 7) is 7.53. The van der Waals surface area contributed by atoms with Crippen molar-refractivity contribution in [1.29, 1.82) is 0 Å². The van der Waals surface area contributed by atoms with E-state index in [0.717, 1.165) is 5.56 Å². The zero-order chi connectivity index (χ0) is 20.0. The minimum atomic E-state index is -0.999. The molecule has 1 atom stereocenters. The molecule has 0 saturated heterocycles. The molecule has 27 heavy (non-hydrogen) atoms. The molecule has 2 rings (SSSR count). The van der Waals surface area contributed by atoms with E-state index in [1.807, 2.05) is 12.1 Å². The third-order valence-corrected chi connectivity index (χ3v) is 4.07. The number of hydrogen-bond acceptors (Lipinski definition) is 5. The molecular formula is C20H23ClN2O4. The number of hydrogen-bond donors (Lipinski definition) is 1. The van der Waals surface area contributed by atoms with Crippen molar-refractivity contribution < 1.29 is 19.1 Å². The number of nitrogens with zero attached hydrogens (tertiary/aromatic N) is 1. The van der Waals surface area contributed by atoms with Gasteiger partial charge < -0.3 is 14.8 Å². The number of aromatic nitrogens is 1. The van der Waals surface area contributed by atoms with Gasteiger partial charge in [-0.15, -0.1) is 0 Å². The summed E-state index contributed by atoms with van der Waals surface area (Å²) in [4.78, 5) is 27.9. The maximum Gasteiger partial charge on any atom is 0.344 e. The van der Waals surface area contributed by atoms with E-state index in [4.69, 9.17) is 21.1 Å². The number of rotatable bonds is 6. The standard InChI is InChI=1S/C20H23ClN2O4/c1-13(19(25)23-16-6-5-11-22-18(16)21)27-17(24)12-26-15-9-7-14(8-10-15)20(2,3)4/h5-11,13H,12H2,1-4H3,(H,23,25). The number of ether oxygens (including phenoxy) is 2. The van der Waals surface area contributed by atoms with E-state index in [0.29, 0.717) is 11.4 Å². The highest BCUT2D eigenvalue weighted by atomic mass is 35.5. The van der Waals surface area contributed by atoms with Crippen molar-refractivity contribution >= 4 is 29.2 Å². The first-order valence-electron chi connectivity index (χ1n) is 8.51. The summed E-state index contributed by atoms with van der Waals surface area (Å²) in [5.74, 6) is -0.596. The number of carbonyl (C=O) groups excluding carboxylic acids is 2. The summed E-state index contributed by atoms with van der Waals surface area (Å²) in [5, 5.41) is 2.72. The molecule has 0 bridgehead atoms. The Morgan fingerprint density at radius 1 is 1.19 bits per heavy atom. The molecule has 0 radical (unpaired) electrons. The Morgan fingerprint density at radius 2 is 1.85 bits per heavy atom. The molecule has 0 spiro atoms. The van der Waals surface area contributed by atoms with Crippen LogP contribution in [0, 0.1) is 0 Å². The van der Waals surface area contributed by atoms with Crippen LogP contribution in [0.2, 0.25) is 5.15 Å². The van der Waals surface area contributed by atoms with E-state index in [1.165, 1.54) is 13.1 Å². The fourth-order valence-electron chi connectivity index (χ4n) is 2.19. The van der Waals surface area contributed by atoms with Crippen LogP contribution < -0.4 is 10.1 Å². The summed E-state index contributed by atoms with van der Waals surface area (Å²) < 4.78 is 10.5. The molecule has 6 nitrogen and oxygen atoms in total. The van der Waals surface area contributed by atoms with Gasteiger partial charge in [0.2, 0.25) is 0 Å². The number of nitrogens with one attached hydrogen (secondary N) is 1. The monoisotopic (exact) mass is 390 g/mol. The summed E-state index contributed by atoms with van der Waals surface area (Å²) in [6.07, 6.45) is 0.507. The molecule has 144 valence electrons. The molecule has 1 aromatic heterocycles. The fourth-order valence-corrected chi connectivity index (χ4v) is 2.36. The number of halogens is 1. The largest absolute Gasteiger partial charge is 0.482 e. The molecule has 1 heterocycles. The van der Waals surface area contributed by atoms with E-state index in [1.54, 1.807) is 24.3 Å². The van der Waals surface area contributed by atoms with Crippen LogP contribution >= 0.6 is 11.6 Å². The fraction of sp³-hybridized carbons (Fsp3) is 0.350. The quantitative estimate of drug-likeness (QED) is 0.596. The summed E-state index contributed by atoms with van der Waals surface area (Å²) in [7, 11) is 0. The maximum atomic E-state index is 12.1.